The molecule has 9 heteroatoms. The molecule has 3 unspecified atom stereocenters. The number of phosphoric acid groups is 1. The molecule has 0 fully saturated rings. The molecule has 0 saturated heterocycles. The van der Waals surface area contributed by atoms with Crippen molar-refractivity contribution in [3.05, 3.63) is 48.6 Å². The summed E-state index contributed by atoms with van der Waals surface area (Å²) in [6.45, 7) is 4.63. The first-order chi connectivity index (χ1) is 31.5. The minimum Gasteiger partial charge on any atom is -0.756 e. The average Bonchev–Trinajstić information content (AvgIpc) is 3.26. The predicted octanol–water partition coefficient (Wildman–Crippen LogP) is 15.7. The van der Waals surface area contributed by atoms with E-state index < -0.39 is 20.0 Å². The third-order valence-corrected chi connectivity index (χ3v) is 13.2. The number of nitrogens with zero attached hydrogens (tertiary/aromatic N) is 1. The fraction of sp³-hybridized carbons (Fsp3) is 0.839. The second kappa shape index (κ2) is 47.5. The number of unbranched alkanes of at least 4 members (excludes halogenated alkanes) is 31. The first kappa shape index (κ1) is 63.5. The molecule has 0 aliphatic heterocycles. The van der Waals surface area contributed by atoms with E-state index in [-0.39, 0.29) is 19.1 Å². The molecule has 0 aromatic heterocycles. The van der Waals surface area contributed by atoms with Gasteiger partial charge in [-0.3, -0.25) is 9.36 Å². The molecule has 0 heterocycles. The molecule has 0 bridgehead atoms. The Kier molecular flexibility index (Phi) is 46.4. The van der Waals surface area contributed by atoms with E-state index in [0.29, 0.717) is 17.4 Å². The number of carbonyl (C=O) groups excluding carboxylic acids is 1. The normalized spacial score (nSPS) is 14.4. The molecule has 65 heavy (non-hydrogen) atoms. The Morgan fingerprint density at radius 3 is 1.32 bits per heavy atom. The van der Waals surface area contributed by atoms with Crippen LogP contribution in [0, 0.1) is 0 Å². The number of likely N-dealkylation sites (N-methyl/N-ethyl adjacent to an activating group) is 1. The highest BCUT2D eigenvalue weighted by Crippen LogP contribution is 2.38. The van der Waals surface area contributed by atoms with Crippen LogP contribution in [0.4, 0.5) is 0 Å². The van der Waals surface area contributed by atoms with Crippen molar-refractivity contribution in [2.24, 2.45) is 0 Å². The number of aliphatic hydroxyl groups excluding tert-OH is 1. The van der Waals surface area contributed by atoms with Crippen molar-refractivity contribution in [1.82, 2.24) is 5.32 Å². The van der Waals surface area contributed by atoms with Gasteiger partial charge in [0.15, 0.2) is 0 Å². The van der Waals surface area contributed by atoms with Crippen LogP contribution < -0.4 is 10.2 Å². The largest absolute Gasteiger partial charge is 0.756 e. The molecule has 0 saturated carbocycles. The van der Waals surface area contributed by atoms with Crippen LogP contribution in [0.5, 0.6) is 0 Å². The smallest absolute Gasteiger partial charge is 0.268 e. The Morgan fingerprint density at radius 1 is 0.538 bits per heavy atom. The molecular weight excluding hydrogens is 828 g/mol. The van der Waals surface area contributed by atoms with Gasteiger partial charge in [0.25, 0.3) is 7.82 Å². The van der Waals surface area contributed by atoms with Crippen molar-refractivity contribution >= 4 is 13.7 Å². The van der Waals surface area contributed by atoms with Crippen molar-refractivity contribution in [2.45, 2.75) is 264 Å². The maximum atomic E-state index is 12.9. The van der Waals surface area contributed by atoms with E-state index in [1.54, 1.807) is 6.08 Å². The van der Waals surface area contributed by atoms with E-state index >= 15 is 0 Å². The summed E-state index contributed by atoms with van der Waals surface area (Å²) >= 11 is 0. The van der Waals surface area contributed by atoms with E-state index in [4.69, 9.17) is 9.05 Å². The molecule has 0 rings (SSSR count). The van der Waals surface area contributed by atoms with Crippen LogP contribution in [-0.2, 0) is 18.4 Å². The van der Waals surface area contributed by atoms with Crippen molar-refractivity contribution in [3.63, 3.8) is 0 Å². The van der Waals surface area contributed by atoms with Gasteiger partial charge in [0, 0.05) is 6.42 Å². The van der Waals surface area contributed by atoms with Crippen LogP contribution in [0.15, 0.2) is 48.6 Å². The SMILES string of the molecule is CCCCC/C=C\C/C=C\C/C=C\CCCCCCCCC(=O)NC(COP(=O)([O-])OCC[N+](C)(C)C)C(O)/C=C/CCCCCCCCCCCCCCCCCCCCCCCC. The maximum Gasteiger partial charge on any atom is 0.268 e. The summed E-state index contributed by atoms with van der Waals surface area (Å²) in [7, 11) is 1.25. The quantitative estimate of drug-likeness (QED) is 0.0272. The summed E-state index contributed by atoms with van der Waals surface area (Å²) in [4.78, 5) is 25.5. The van der Waals surface area contributed by atoms with Crippen LogP contribution in [0.25, 0.3) is 0 Å². The standard InChI is InChI=1S/C56H107N2O6P/c1-6-8-10-12-14-16-18-20-22-24-26-27-28-29-30-32-33-35-37-39-41-43-45-47-49-55(59)54(53-64-65(61,62)63-52-51-58(3,4)5)57-56(60)50-48-46-44-42-40-38-36-34-31-25-23-21-19-17-15-13-11-9-7-2/h15,17,21,23,31,34,47,49,54-55,59H,6-14,16,18-20,22,24-30,32-33,35-46,48,50-53H2,1-5H3,(H-,57,60,61,62)/b17-15-,23-21-,34-31-,49-47+. The van der Waals surface area contributed by atoms with Crippen LogP contribution in [-0.4, -0.2) is 68.5 Å². The zero-order chi connectivity index (χ0) is 47.8. The maximum absolute atomic E-state index is 12.9. The van der Waals surface area contributed by atoms with Gasteiger partial charge in [-0.1, -0.05) is 236 Å². The number of hydrogen-bond acceptors (Lipinski definition) is 6. The minimum atomic E-state index is -4.60. The van der Waals surface area contributed by atoms with Gasteiger partial charge < -0.3 is 28.8 Å². The third-order valence-electron chi connectivity index (χ3n) is 12.3. The zero-order valence-corrected chi connectivity index (χ0v) is 44.3. The van der Waals surface area contributed by atoms with Crippen LogP contribution in [0.2, 0.25) is 0 Å². The molecule has 1 amide bonds. The molecule has 0 radical (unpaired) electrons. The van der Waals surface area contributed by atoms with Crippen molar-refractivity contribution in [3.8, 4) is 0 Å². The number of rotatable bonds is 50. The fourth-order valence-electron chi connectivity index (χ4n) is 7.93. The van der Waals surface area contributed by atoms with Gasteiger partial charge >= 0.3 is 0 Å². The van der Waals surface area contributed by atoms with Crippen LogP contribution in [0.1, 0.15) is 251 Å². The second-order valence-corrected chi connectivity index (χ2v) is 21.3. The highest BCUT2D eigenvalue weighted by atomic mass is 31.2. The number of phosphoric ester groups is 1. The summed E-state index contributed by atoms with van der Waals surface area (Å²) in [5.41, 5.74) is 0. The number of amides is 1. The van der Waals surface area contributed by atoms with Gasteiger partial charge in [-0.05, 0) is 57.8 Å². The zero-order valence-electron chi connectivity index (χ0n) is 43.4. The highest BCUT2D eigenvalue weighted by molar-refractivity contribution is 7.45. The monoisotopic (exact) mass is 935 g/mol. The summed E-state index contributed by atoms with van der Waals surface area (Å²) in [6.07, 6.45) is 61.7. The van der Waals surface area contributed by atoms with Gasteiger partial charge in [0.05, 0.1) is 39.9 Å². The van der Waals surface area contributed by atoms with Gasteiger partial charge in [0.1, 0.15) is 13.2 Å². The van der Waals surface area contributed by atoms with Gasteiger partial charge in [-0.2, -0.15) is 0 Å². The summed E-state index contributed by atoms with van der Waals surface area (Å²) in [5, 5.41) is 13.9. The van der Waals surface area contributed by atoms with Gasteiger partial charge in [-0.25, -0.2) is 0 Å². The topological polar surface area (TPSA) is 108 Å². The molecule has 0 aliphatic carbocycles. The Hall–Kier alpha value is -1.54. The summed E-state index contributed by atoms with van der Waals surface area (Å²) < 4.78 is 23.3. The predicted molar refractivity (Wildman–Crippen MR) is 279 cm³/mol. The van der Waals surface area contributed by atoms with Crippen LogP contribution >= 0.6 is 7.82 Å². The molecular formula is C56H107N2O6P. The number of quaternary nitrogens is 1. The minimum absolute atomic E-state index is 0.00479. The summed E-state index contributed by atoms with van der Waals surface area (Å²) in [5.74, 6) is -0.209. The lowest BCUT2D eigenvalue weighted by molar-refractivity contribution is -0.870. The van der Waals surface area contributed by atoms with E-state index in [1.165, 1.54) is 167 Å². The average molecular weight is 935 g/mol. The molecule has 3 atom stereocenters. The Labute approximate surface area is 403 Å². The van der Waals surface area contributed by atoms with Gasteiger partial charge in [-0.15, -0.1) is 0 Å². The van der Waals surface area contributed by atoms with Gasteiger partial charge in [0.2, 0.25) is 5.91 Å². The van der Waals surface area contributed by atoms with E-state index in [0.717, 1.165) is 64.2 Å². The van der Waals surface area contributed by atoms with E-state index in [9.17, 15) is 19.4 Å². The van der Waals surface area contributed by atoms with E-state index in [1.807, 2.05) is 27.2 Å². The Morgan fingerprint density at radius 2 is 0.892 bits per heavy atom. The molecule has 2 N–H and O–H groups in total. The highest BCUT2D eigenvalue weighted by Gasteiger charge is 2.23. The lowest BCUT2D eigenvalue weighted by atomic mass is 10.0. The number of carbonyl (C=O) groups is 1. The number of hydrogen-bond donors (Lipinski definition) is 2. The first-order valence-electron chi connectivity index (χ1n) is 27.5. The third kappa shape index (κ3) is 50.2. The van der Waals surface area contributed by atoms with Crippen molar-refractivity contribution in [2.75, 3.05) is 40.9 Å². The number of aliphatic hydroxyl groups is 1. The molecule has 8 nitrogen and oxygen atoms in total. The van der Waals surface area contributed by atoms with Crippen molar-refractivity contribution < 1.29 is 32.9 Å². The molecule has 0 aromatic rings. The molecule has 0 spiro atoms. The van der Waals surface area contributed by atoms with Crippen molar-refractivity contribution in [1.29, 1.82) is 0 Å². The molecule has 0 aliphatic rings. The lowest BCUT2D eigenvalue weighted by Gasteiger charge is -2.29. The van der Waals surface area contributed by atoms with E-state index in [2.05, 4.69) is 55.6 Å². The fourth-order valence-corrected chi connectivity index (χ4v) is 8.65. The Balaban J connectivity index is 4.28. The molecule has 382 valence electrons. The molecule has 0 aromatic carbocycles. The lowest BCUT2D eigenvalue weighted by Crippen LogP contribution is -2.45. The first-order valence-corrected chi connectivity index (χ1v) is 29.0. The summed E-state index contributed by atoms with van der Waals surface area (Å²) in [6, 6.07) is -0.895. The second-order valence-electron chi connectivity index (χ2n) is 19.9. The number of nitrogens with one attached hydrogen (secondary N) is 1. The number of allylic oxidation sites excluding steroid dienone is 7. The van der Waals surface area contributed by atoms with Crippen LogP contribution in [0.3, 0.4) is 0 Å². The Bertz CT molecular complexity index is 1200.